The minimum atomic E-state index is -0.174. The van der Waals surface area contributed by atoms with Gasteiger partial charge in [0, 0.05) is 24.6 Å². The fraction of sp³-hybridized carbons (Fsp3) is 0.391. The molecule has 0 saturated carbocycles. The van der Waals surface area contributed by atoms with E-state index in [1.54, 1.807) is 36.3 Å². The van der Waals surface area contributed by atoms with Gasteiger partial charge in [-0.3, -0.25) is 9.59 Å². The van der Waals surface area contributed by atoms with Crippen molar-refractivity contribution in [1.82, 2.24) is 4.90 Å². The Balaban J connectivity index is 1.63. The van der Waals surface area contributed by atoms with E-state index in [-0.39, 0.29) is 17.7 Å². The lowest BCUT2D eigenvalue weighted by molar-refractivity contribution is -0.121. The van der Waals surface area contributed by atoms with Gasteiger partial charge in [0.25, 0.3) is 5.91 Å². The van der Waals surface area contributed by atoms with Crippen molar-refractivity contribution in [2.75, 3.05) is 39.2 Å². The van der Waals surface area contributed by atoms with Crippen LogP contribution in [0.25, 0.3) is 0 Å². The number of para-hydroxylation sites is 2. The van der Waals surface area contributed by atoms with Crippen molar-refractivity contribution in [2.45, 2.75) is 19.8 Å². The summed E-state index contributed by atoms with van der Waals surface area (Å²) in [7, 11) is 3.07. The van der Waals surface area contributed by atoms with E-state index in [0.29, 0.717) is 66.1 Å². The van der Waals surface area contributed by atoms with Crippen LogP contribution in [-0.2, 0) is 4.79 Å². The fourth-order valence-corrected chi connectivity index (χ4v) is 3.90. The molecule has 0 bridgehead atoms. The smallest absolute Gasteiger partial charge is 0.254 e. The van der Waals surface area contributed by atoms with E-state index >= 15 is 0 Å². The van der Waals surface area contributed by atoms with Crippen molar-refractivity contribution >= 4 is 29.1 Å². The molecule has 31 heavy (non-hydrogen) atoms. The summed E-state index contributed by atoms with van der Waals surface area (Å²) in [5.74, 6) is 1.07. The number of methoxy groups -OCH3 is 2. The van der Waals surface area contributed by atoms with Crippen molar-refractivity contribution in [2.24, 2.45) is 5.92 Å². The number of hydrogen-bond acceptors (Lipinski definition) is 5. The van der Waals surface area contributed by atoms with E-state index in [2.05, 4.69) is 5.32 Å². The minimum Gasteiger partial charge on any atom is -0.495 e. The van der Waals surface area contributed by atoms with Crippen LogP contribution in [-0.4, -0.2) is 50.6 Å². The van der Waals surface area contributed by atoms with Crippen LogP contribution < -0.4 is 19.5 Å². The number of carbonyl (C=O) groups excluding carboxylic acids is 2. The zero-order chi connectivity index (χ0) is 22.4. The van der Waals surface area contributed by atoms with Gasteiger partial charge in [0.15, 0.2) is 11.5 Å². The van der Waals surface area contributed by atoms with Crippen LogP contribution in [0.1, 0.15) is 30.1 Å². The number of halogens is 1. The third-order valence-electron chi connectivity index (χ3n) is 5.28. The lowest BCUT2D eigenvalue weighted by Crippen LogP contribution is -2.41. The second-order valence-electron chi connectivity index (χ2n) is 7.18. The first kappa shape index (κ1) is 22.7. The van der Waals surface area contributed by atoms with Gasteiger partial charge in [0.05, 0.1) is 31.5 Å². The highest BCUT2D eigenvalue weighted by atomic mass is 35.5. The number of piperidine rings is 1. The van der Waals surface area contributed by atoms with E-state index < -0.39 is 0 Å². The average molecular weight is 447 g/mol. The van der Waals surface area contributed by atoms with Gasteiger partial charge in [-0.25, -0.2) is 0 Å². The molecule has 0 aliphatic carbocycles. The van der Waals surface area contributed by atoms with Crippen molar-refractivity contribution in [3.05, 3.63) is 47.0 Å². The predicted octanol–water partition coefficient (Wildman–Crippen LogP) is 4.25. The molecule has 1 aliphatic heterocycles. The molecular weight excluding hydrogens is 420 g/mol. The summed E-state index contributed by atoms with van der Waals surface area (Å²) in [5, 5.41) is 3.26. The molecule has 1 N–H and O–H groups in total. The molecule has 2 aromatic rings. The molecule has 0 unspecified atom stereocenters. The summed E-state index contributed by atoms with van der Waals surface area (Å²) in [6, 6.07) is 10.5. The molecule has 3 rings (SSSR count). The highest BCUT2D eigenvalue weighted by Gasteiger charge is 2.29. The number of benzene rings is 2. The summed E-state index contributed by atoms with van der Waals surface area (Å²) in [4.78, 5) is 27.4. The summed E-state index contributed by atoms with van der Waals surface area (Å²) in [6.07, 6.45) is 1.16. The average Bonchev–Trinajstić information content (AvgIpc) is 2.80. The molecule has 0 atom stereocenters. The molecule has 8 heteroatoms. The largest absolute Gasteiger partial charge is 0.495 e. The van der Waals surface area contributed by atoms with E-state index in [0.717, 1.165) is 0 Å². The van der Waals surface area contributed by atoms with Crippen molar-refractivity contribution < 1.29 is 23.8 Å². The van der Waals surface area contributed by atoms with Gasteiger partial charge in [-0.1, -0.05) is 23.7 Å². The second kappa shape index (κ2) is 10.4. The Morgan fingerprint density at radius 2 is 1.77 bits per heavy atom. The van der Waals surface area contributed by atoms with Crippen LogP contribution in [0.3, 0.4) is 0 Å². The maximum absolute atomic E-state index is 13.0. The van der Waals surface area contributed by atoms with Crippen molar-refractivity contribution in [1.29, 1.82) is 0 Å². The van der Waals surface area contributed by atoms with Gasteiger partial charge >= 0.3 is 0 Å². The Hall–Kier alpha value is -2.93. The third-order valence-corrected chi connectivity index (χ3v) is 5.56. The molecule has 1 saturated heterocycles. The quantitative estimate of drug-likeness (QED) is 0.688. The number of rotatable bonds is 7. The van der Waals surface area contributed by atoms with Crippen LogP contribution in [0.4, 0.5) is 5.69 Å². The fourth-order valence-electron chi connectivity index (χ4n) is 3.64. The third kappa shape index (κ3) is 5.22. The maximum Gasteiger partial charge on any atom is 0.254 e. The number of carbonyl (C=O) groups is 2. The van der Waals surface area contributed by atoms with Crippen molar-refractivity contribution in [3.8, 4) is 17.2 Å². The molecule has 2 aromatic carbocycles. The lowest BCUT2D eigenvalue weighted by Gasteiger charge is -2.31. The first-order chi connectivity index (χ1) is 15.0. The van der Waals surface area contributed by atoms with Gasteiger partial charge in [0.2, 0.25) is 5.91 Å². The van der Waals surface area contributed by atoms with Gasteiger partial charge < -0.3 is 24.4 Å². The van der Waals surface area contributed by atoms with E-state index in [1.165, 1.54) is 7.11 Å². The highest BCUT2D eigenvalue weighted by Crippen LogP contribution is 2.37. The lowest BCUT2D eigenvalue weighted by atomic mass is 9.95. The first-order valence-corrected chi connectivity index (χ1v) is 10.6. The zero-order valence-corrected chi connectivity index (χ0v) is 18.7. The number of likely N-dealkylation sites (tertiary alicyclic amines) is 1. The zero-order valence-electron chi connectivity index (χ0n) is 17.9. The maximum atomic E-state index is 13.0. The standard InChI is InChI=1S/C23H27ClN2O5/c1-4-31-21-17(24)13-16(14-20(21)30-3)23(28)26-11-9-15(10-12-26)22(27)25-18-7-5-6-8-19(18)29-2/h5-8,13-15H,4,9-12H2,1-3H3,(H,25,27). The molecule has 2 amide bonds. The number of ether oxygens (including phenoxy) is 3. The topological polar surface area (TPSA) is 77.1 Å². The molecular formula is C23H27ClN2O5. The molecule has 166 valence electrons. The molecule has 1 aliphatic rings. The van der Waals surface area contributed by atoms with Crippen LogP contribution in [0.2, 0.25) is 5.02 Å². The summed E-state index contributed by atoms with van der Waals surface area (Å²) in [5.41, 5.74) is 1.08. The van der Waals surface area contributed by atoms with Gasteiger partial charge in [-0.05, 0) is 44.0 Å². The van der Waals surface area contributed by atoms with Crippen LogP contribution in [0, 0.1) is 5.92 Å². The van der Waals surface area contributed by atoms with E-state index in [9.17, 15) is 9.59 Å². The number of nitrogens with one attached hydrogen (secondary N) is 1. The van der Waals surface area contributed by atoms with Crippen molar-refractivity contribution in [3.63, 3.8) is 0 Å². The Kier molecular flexibility index (Phi) is 7.63. The Morgan fingerprint density at radius 3 is 2.42 bits per heavy atom. The minimum absolute atomic E-state index is 0.0672. The summed E-state index contributed by atoms with van der Waals surface area (Å²) < 4.78 is 16.1. The highest BCUT2D eigenvalue weighted by molar-refractivity contribution is 6.32. The Bertz CT molecular complexity index is 942. The van der Waals surface area contributed by atoms with Gasteiger partial charge in [0.1, 0.15) is 5.75 Å². The Morgan fingerprint density at radius 1 is 1.10 bits per heavy atom. The van der Waals surface area contributed by atoms with Crippen LogP contribution in [0.15, 0.2) is 36.4 Å². The monoisotopic (exact) mass is 446 g/mol. The number of nitrogens with zero attached hydrogens (tertiary/aromatic N) is 1. The first-order valence-electron chi connectivity index (χ1n) is 10.2. The van der Waals surface area contributed by atoms with Crippen LogP contribution >= 0.6 is 11.6 Å². The molecule has 1 fully saturated rings. The van der Waals surface area contributed by atoms with Crippen LogP contribution in [0.5, 0.6) is 17.2 Å². The molecule has 0 spiro atoms. The van der Waals surface area contributed by atoms with E-state index in [4.69, 9.17) is 25.8 Å². The number of anilines is 1. The number of hydrogen-bond donors (Lipinski definition) is 1. The SMILES string of the molecule is CCOc1c(Cl)cc(C(=O)N2CCC(C(=O)Nc3ccccc3OC)CC2)cc1OC. The van der Waals surface area contributed by atoms with Gasteiger partial charge in [-0.15, -0.1) is 0 Å². The summed E-state index contributed by atoms with van der Waals surface area (Å²) in [6.45, 7) is 3.25. The second-order valence-corrected chi connectivity index (χ2v) is 7.59. The summed E-state index contributed by atoms with van der Waals surface area (Å²) >= 11 is 6.30. The molecule has 0 radical (unpaired) electrons. The molecule has 7 nitrogen and oxygen atoms in total. The van der Waals surface area contributed by atoms with Gasteiger partial charge in [-0.2, -0.15) is 0 Å². The normalized spacial score (nSPS) is 14.1. The molecule has 0 aromatic heterocycles. The predicted molar refractivity (Wildman–Crippen MR) is 119 cm³/mol. The molecule has 1 heterocycles. The number of amides is 2. The van der Waals surface area contributed by atoms with E-state index in [1.807, 2.05) is 19.1 Å². The Labute approximate surface area is 187 Å².